The van der Waals surface area contributed by atoms with E-state index >= 15 is 0 Å². The lowest BCUT2D eigenvalue weighted by molar-refractivity contribution is -0.143. The smallest absolute Gasteiger partial charge is 0.308 e. The van der Waals surface area contributed by atoms with Crippen molar-refractivity contribution in [2.24, 2.45) is 11.7 Å². The first kappa shape index (κ1) is 29.8. The number of likely N-dealkylation sites (tertiary alicyclic amines) is 1. The van der Waals surface area contributed by atoms with Crippen LogP contribution in [0, 0.1) is 5.92 Å². The van der Waals surface area contributed by atoms with E-state index < -0.39 is 17.9 Å². The normalized spacial score (nSPS) is 21.1. The Hall–Kier alpha value is -3.63. The molecule has 2 aromatic carbocycles. The molecule has 10 nitrogen and oxygen atoms in total. The number of carboxylic acid groups (broad SMARTS) is 1. The monoisotopic (exact) mass is 578 g/mol. The van der Waals surface area contributed by atoms with Crippen LogP contribution in [0.25, 0.3) is 0 Å². The standard InChI is InChI=1S/C32H42N4O6/c1-2-3-14-34(15-7-6-13-33)30(38)20-35-19-24(22-10-11-27-28(17-22)42-21-41-27)31(32(39)40)26(35)12-16-36-25-9-5-4-8-23(25)18-29(36)37/h4-5,8-11,17,24,26,31H,2-3,6-7,12-16,18-21,33H2,1H3,(H,39,40)/t24-,26+,31?/m1/s1. The highest BCUT2D eigenvalue weighted by Gasteiger charge is 2.47. The van der Waals surface area contributed by atoms with Crippen LogP contribution in [0.3, 0.4) is 0 Å². The van der Waals surface area contributed by atoms with Crippen LogP contribution in [0.1, 0.15) is 56.1 Å². The molecule has 2 aromatic rings. The van der Waals surface area contributed by atoms with Gasteiger partial charge in [-0.2, -0.15) is 0 Å². The Kier molecular flexibility index (Phi) is 9.64. The number of nitrogens with two attached hydrogens (primary N) is 1. The van der Waals surface area contributed by atoms with Crippen LogP contribution in [0.2, 0.25) is 0 Å². The Balaban J connectivity index is 1.40. The van der Waals surface area contributed by atoms with Gasteiger partial charge >= 0.3 is 5.97 Å². The van der Waals surface area contributed by atoms with Gasteiger partial charge < -0.3 is 30.1 Å². The molecule has 226 valence electrons. The fraction of sp³-hybridized carbons (Fsp3) is 0.531. The Morgan fingerprint density at radius 1 is 1.07 bits per heavy atom. The highest BCUT2D eigenvalue weighted by atomic mass is 16.7. The van der Waals surface area contributed by atoms with Crippen LogP contribution >= 0.6 is 0 Å². The summed E-state index contributed by atoms with van der Waals surface area (Å²) < 4.78 is 11.1. The van der Waals surface area contributed by atoms with E-state index in [1.807, 2.05) is 52.3 Å². The average molecular weight is 579 g/mol. The summed E-state index contributed by atoms with van der Waals surface area (Å²) in [5, 5.41) is 10.6. The minimum atomic E-state index is -0.906. The minimum Gasteiger partial charge on any atom is -0.481 e. The summed E-state index contributed by atoms with van der Waals surface area (Å²) in [6.07, 6.45) is 4.36. The summed E-state index contributed by atoms with van der Waals surface area (Å²) in [5.41, 5.74) is 8.42. The summed E-state index contributed by atoms with van der Waals surface area (Å²) in [6.45, 7) is 5.07. The molecule has 2 amide bonds. The molecule has 3 atom stereocenters. The molecule has 3 heterocycles. The number of hydrogen-bond acceptors (Lipinski definition) is 7. The SMILES string of the molecule is CCCCN(CCCCN)C(=O)CN1C[C@H](c2ccc3c(c2)OCO3)C(C(=O)O)[C@@H]1CCN1C(=O)Cc2ccccc21. The predicted octanol–water partition coefficient (Wildman–Crippen LogP) is 3.23. The zero-order valence-corrected chi connectivity index (χ0v) is 24.4. The van der Waals surface area contributed by atoms with E-state index in [0.717, 1.165) is 42.5 Å². The average Bonchev–Trinajstić information content (AvgIpc) is 3.68. The van der Waals surface area contributed by atoms with Gasteiger partial charge in [-0.1, -0.05) is 37.6 Å². The van der Waals surface area contributed by atoms with E-state index in [4.69, 9.17) is 15.2 Å². The number of amides is 2. The summed E-state index contributed by atoms with van der Waals surface area (Å²) >= 11 is 0. The maximum atomic E-state index is 13.7. The molecule has 0 spiro atoms. The quantitative estimate of drug-likeness (QED) is 0.328. The number of carbonyl (C=O) groups is 3. The topological polar surface area (TPSA) is 126 Å². The molecule has 10 heteroatoms. The van der Waals surface area contributed by atoms with Gasteiger partial charge in [-0.15, -0.1) is 0 Å². The second kappa shape index (κ2) is 13.6. The van der Waals surface area contributed by atoms with Gasteiger partial charge in [0.25, 0.3) is 0 Å². The molecule has 0 radical (unpaired) electrons. The Bertz CT molecular complexity index is 1290. The van der Waals surface area contributed by atoms with Gasteiger partial charge in [-0.25, -0.2) is 0 Å². The lowest BCUT2D eigenvalue weighted by Gasteiger charge is -2.31. The van der Waals surface area contributed by atoms with Gasteiger partial charge in [0.05, 0.1) is 18.9 Å². The highest BCUT2D eigenvalue weighted by Crippen LogP contribution is 2.43. The number of carbonyl (C=O) groups excluding carboxylic acids is 2. The third-order valence-electron chi connectivity index (χ3n) is 8.79. The summed E-state index contributed by atoms with van der Waals surface area (Å²) in [6, 6.07) is 12.9. The number of para-hydroxylation sites is 1. The summed E-state index contributed by atoms with van der Waals surface area (Å²) in [7, 11) is 0. The number of carboxylic acids is 1. The van der Waals surface area contributed by atoms with Crippen LogP contribution in [-0.2, 0) is 20.8 Å². The molecule has 42 heavy (non-hydrogen) atoms. The lowest BCUT2D eigenvalue weighted by atomic mass is 9.84. The van der Waals surface area contributed by atoms with Crippen molar-refractivity contribution in [2.75, 3.05) is 51.0 Å². The molecule has 0 saturated carbocycles. The molecular formula is C32H42N4O6. The highest BCUT2D eigenvalue weighted by molar-refractivity contribution is 6.01. The van der Waals surface area contributed by atoms with Crippen molar-refractivity contribution in [1.29, 1.82) is 0 Å². The molecule has 0 aromatic heterocycles. The Morgan fingerprint density at radius 2 is 1.86 bits per heavy atom. The van der Waals surface area contributed by atoms with Crippen LogP contribution in [-0.4, -0.2) is 84.8 Å². The van der Waals surface area contributed by atoms with Crippen molar-refractivity contribution >= 4 is 23.5 Å². The number of fused-ring (bicyclic) bond motifs is 2. The molecular weight excluding hydrogens is 536 g/mol. The van der Waals surface area contributed by atoms with Crippen molar-refractivity contribution in [3.05, 3.63) is 53.6 Å². The lowest BCUT2D eigenvalue weighted by Crippen LogP contribution is -2.46. The number of aliphatic carboxylic acids is 1. The molecule has 3 aliphatic rings. The van der Waals surface area contributed by atoms with E-state index in [1.165, 1.54) is 0 Å². The van der Waals surface area contributed by atoms with Crippen molar-refractivity contribution in [1.82, 2.24) is 9.80 Å². The molecule has 0 aliphatic carbocycles. The zero-order valence-electron chi connectivity index (χ0n) is 24.4. The summed E-state index contributed by atoms with van der Waals surface area (Å²) in [4.78, 5) is 45.2. The maximum Gasteiger partial charge on any atom is 0.308 e. The van der Waals surface area contributed by atoms with Crippen molar-refractivity contribution in [2.45, 2.75) is 57.4 Å². The Morgan fingerprint density at radius 3 is 2.64 bits per heavy atom. The van der Waals surface area contributed by atoms with Gasteiger partial charge in [0.1, 0.15) is 0 Å². The zero-order chi connectivity index (χ0) is 29.6. The predicted molar refractivity (Wildman–Crippen MR) is 159 cm³/mol. The molecule has 3 N–H and O–H groups in total. The molecule has 5 rings (SSSR count). The second-order valence-electron chi connectivity index (χ2n) is 11.4. The van der Waals surface area contributed by atoms with Crippen molar-refractivity contribution in [3.8, 4) is 11.5 Å². The minimum absolute atomic E-state index is 0.00328. The number of ether oxygens (including phenoxy) is 2. The fourth-order valence-electron chi connectivity index (χ4n) is 6.59. The van der Waals surface area contributed by atoms with Gasteiger partial charge in [-0.05, 0) is 61.6 Å². The second-order valence-corrected chi connectivity index (χ2v) is 11.4. The molecule has 0 bridgehead atoms. The van der Waals surface area contributed by atoms with E-state index in [2.05, 4.69) is 6.92 Å². The number of unbranched alkanes of at least 4 members (excludes halogenated alkanes) is 2. The van der Waals surface area contributed by atoms with E-state index in [-0.39, 0.29) is 31.1 Å². The first-order chi connectivity index (χ1) is 20.4. The van der Waals surface area contributed by atoms with E-state index in [0.29, 0.717) is 57.1 Å². The molecule has 1 saturated heterocycles. The van der Waals surface area contributed by atoms with Crippen molar-refractivity contribution in [3.63, 3.8) is 0 Å². The van der Waals surface area contributed by atoms with E-state index in [9.17, 15) is 19.5 Å². The summed E-state index contributed by atoms with van der Waals surface area (Å²) in [5.74, 6) is -0.748. The van der Waals surface area contributed by atoms with Gasteiger partial charge in [0.2, 0.25) is 18.6 Å². The number of rotatable bonds is 14. The van der Waals surface area contributed by atoms with Crippen LogP contribution in [0.5, 0.6) is 11.5 Å². The van der Waals surface area contributed by atoms with Crippen LogP contribution in [0.15, 0.2) is 42.5 Å². The first-order valence-electron chi connectivity index (χ1n) is 15.1. The third kappa shape index (κ3) is 6.39. The molecule has 3 aliphatic heterocycles. The molecule has 1 fully saturated rings. The maximum absolute atomic E-state index is 13.7. The van der Waals surface area contributed by atoms with Crippen molar-refractivity contribution < 1.29 is 29.0 Å². The van der Waals surface area contributed by atoms with Crippen LogP contribution in [0.4, 0.5) is 5.69 Å². The van der Waals surface area contributed by atoms with Crippen LogP contribution < -0.4 is 20.1 Å². The van der Waals surface area contributed by atoms with Gasteiger partial charge in [0.15, 0.2) is 11.5 Å². The number of hydrogen-bond donors (Lipinski definition) is 2. The Labute approximate surface area is 247 Å². The first-order valence-corrected chi connectivity index (χ1v) is 15.1. The fourth-order valence-corrected chi connectivity index (χ4v) is 6.59. The van der Waals surface area contributed by atoms with Gasteiger partial charge in [0, 0.05) is 43.8 Å². The van der Waals surface area contributed by atoms with Gasteiger partial charge in [-0.3, -0.25) is 19.3 Å². The number of anilines is 1. The third-order valence-corrected chi connectivity index (χ3v) is 8.79. The molecule has 1 unspecified atom stereocenters. The number of benzene rings is 2. The van der Waals surface area contributed by atoms with E-state index in [1.54, 1.807) is 4.90 Å². The largest absolute Gasteiger partial charge is 0.481 e. The number of nitrogens with zero attached hydrogens (tertiary/aromatic N) is 3.